The average molecular weight is 417 g/mol. The smallest absolute Gasteiger partial charge is 0.362 e. The maximum atomic E-state index is 12.4. The molecule has 3 heterocycles. The quantitative estimate of drug-likeness (QED) is 0.587. The Hall–Kier alpha value is -3.60. The van der Waals surface area contributed by atoms with Gasteiger partial charge in [0.15, 0.2) is 5.69 Å². The standard InChI is InChI=1S/C18H19N5O5S/c1-4-27-16(25)12-9-29-18(21-12)28-17(26)14-6-11(8-23(14)3)20-15(24)13-5-10(19)7-22(13)2/h5-9H,4,19H2,1-3H3,(H,20,24). The lowest BCUT2D eigenvalue weighted by atomic mass is 10.3. The van der Waals surface area contributed by atoms with E-state index in [1.165, 1.54) is 16.0 Å². The molecular weight excluding hydrogens is 398 g/mol. The van der Waals surface area contributed by atoms with E-state index in [0.29, 0.717) is 17.1 Å². The van der Waals surface area contributed by atoms with E-state index in [-0.39, 0.29) is 29.1 Å². The van der Waals surface area contributed by atoms with Gasteiger partial charge < -0.3 is 29.7 Å². The van der Waals surface area contributed by atoms with Crippen LogP contribution < -0.4 is 15.8 Å². The number of nitrogens with zero attached hydrogens (tertiary/aromatic N) is 3. The number of esters is 2. The second-order valence-corrected chi connectivity index (χ2v) is 6.88. The van der Waals surface area contributed by atoms with Gasteiger partial charge >= 0.3 is 11.9 Å². The number of ether oxygens (including phenoxy) is 2. The van der Waals surface area contributed by atoms with Crippen molar-refractivity contribution in [3.05, 3.63) is 47.0 Å². The van der Waals surface area contributed by atoms with Crippen molar-refractivity contribution in [1.29, 1.82) is 0 Å². The van der Waals surface area contributed by atoms with Gasteiger partial charge in [0.2, 0.25) is 0 Å². The molecule has 11 heteroatoms. The Morgan fingerprint density at radius 2 is 1.86 bits per heavy atom. The first kappa shape index (κ1) is 20.1. The van der Waals surface area contributed by atoms with E-state index in [0.717, 1.165) is 11.3 Å². The van der Waals surface area contributed by atoms with Crippen molar-refractivity contribution in [3.63, 3.8) is 0 Å². The summed E-state index contributed by atoms with van der Waals surface area (Å²) in [6.45, 7) is 1.91. The van der Waals surface area contributed by atoms with Crippen LogP contribution in [0.4, 0.5) is 11.4 Å². The van der Waals surface area contributed by atoms with Gasteiger partial charge in [-0.1, -0.05) is 11.3 Å². The molecule has 0 radical (unpaired) electrons. The maximum absolute atomic E-state index is 12.4. The molecule has 0 aromatic carbocycles. The number of carbonyl (C=O) groups excluding carboxylic acids is 3. The van der Waals surface area contributed by atoms with Gasteiger partial charge in [0.05, 0.1) is 18.0 Å². The summed E-state index contributed by atoms with van der Waals surface area (Å²) in [4.78, 5) is 40.4. The molecule has 0 aliphatic rings. The lowest BCUT2D eigenvalue weighted by Gasteiger charge is -2.03. The molecule has 0 aliphatic carbocycles. The van der Waals surface area contributed by atoms with Crippen LogP contribution in [0.15, 0.2) is 29.9 Å². The number of thiazole rings is 1. The van der Waals surface area contributed by atoms with Gasteiger partial charge in [-0.25, -0.2) is 9.59 Å². The van der Waals surface area contributed by atoms with Crippen LogP contribution >= 0.6 is 11.3 Å². The summed E-state index contributed by atoms with van der Waals surface area (Å²) in [5.41, 5.74) is 7.22. The van der Waals surface area contributed by atoms with Crippen molar-refractivity contribution in [3.8, 4) is 5.19 Å². The Labute approximate surface area is 169 Å². The predicted octanol–water partition coefficient (Wildman–Crippen LogP) is 2.05. The second kappa shape index (κ2) is 8.19. The molecule has 0 aliphatic heterocycles. The van der Waals surface area contributed by atoms with Crippen LogP contribution in [-0.2, 0) is 18.8 Å². The van der Waals surface area contributed by atoms with Gasteiger partial charge in [-0.05, 0) is 19.1 Å². The van der Waals surface area contributed by atoms with Crippen LogP contribution in [0.5, 0.6) is 5.19 Å². The van der Waals surface area contributed by atoms with Gasteiger partial charge in [0, 0.05) is 31.9 Å². The van der Waals surface area contributed by atoms with Gasteiger partial charge in [0.1, 0.15) is 11.4 Å². The number of anilines is 2. The first-order chi connectivity index (χ1) is 13.8. The molecule has 0 fully saturated rings. The predicted molar refractivity (Wildman–Crippen MR) is 106 cm³/mol. The van der Waals surface area contributed by atoms with Crippen molar-refractivity contribution in [1.82, 2.24) is 14.1 Å². The molecular formula is C18H19N5O5S. The summed E-state index contributed by atoms with van der Waals surface area (Å²) in [6.07, 6.45) is 3.20. The summed E-state index contributed by atoms with van der Waals surface area (Å²) in [6, 6.07) is 3.03. The molecule has 0 saturated carbocycles. The number of aryl methyl sites for hydroxylation is 2. The Morgan fingerprint density at radius 3 is 2.52 bits per heavy atom. The van der Waals surface area contributed by atoms with Gasteiger partial charge in [-0.2, -0.15) is 4.98 Å². The number of nitrogens with one attached hydrogen (secondary N) is 1. The summed E-state index contributed by atoms with van der Waals surface area (Å²) in [5, 5.41) is 4.17. The first-order valence-corrected chi connectivity index (χ1v) is 9.40. The van der Waals surface area contributed by atoms with Gasteiger partial charge in [-0.3, -0.25) is 4.79 Å². The number of hydrogen-bond donors (Lipinski definition) is 2. The zero-order valence-electron chi connectivity index (χ0n) is 16.0. The number of carbonyl (C=O) groups is 3. The van der Waals surface area contributed by atoms with Gasteiger partial charge in [0.25, 0.3) is 11.1 Å². The maximum Gasteiger partial charge on any atom is 0.362 e. The monoisotopic (exact) mass is 417 g/mol. The Balaban J connectivity index is 1.69. The number of rotatable bonds is 6. The largest absolute Gasteiger partial charge is 0.461 e. The molecule has 29 heavy (non-hydrogen) atoms. The van der Waals surface area contributed by atoms with Crippen molar-refractivity contribution >= 4 is 40.6 Å². The molecule has 0 atom stereocenters. The molecule has 0 unspecified atom stereocenters. The molecule has 3 N–H and O–H groups in total. The molecule has 152 valence electrons. The Morgan fingerprint density at radius 1 is 1.14 bits per heavy atom. The fourth-order valence-corrected chi connectivity index (χ4v) is 3.22. The van der Waals surface area contributed by atoms with E-state index >= 15 is 0 Å². The third kappa shape index (κ3) is 4.46. The zero-order chi connectivity index (χ0) is 21.1. The summed E-state index contributed by atoms with van der Waals surface area (Å²) < 4.78 is 13.2. The molecule has 3 aromatic rings. The SMILES string of the molecule is CCOC(=O)c1csc(OC(=O)c2cc(NC(=O)c3cc(N)cn3C)cn2C)n1. The fourth-order valence-electron chi connectivity index (χ4n) is 2.58. The van der Waals surface area contributed by atoms with Crippen LogP contribution in [0, 0.1) is 0 Å². The number of nitrogens with two attached hydrogens (primary N) is 1. The van der Waals surface area contributed by atoms with Gasteiger partial charge in [-0.15, -0.1) is 0 Å². The van der Waals surface area contributed by atoms with Crippen molar-refractivity contribution < 1.29 is 23.9 Å². The highest BCUT2D eigenvalue weighted by Gasteiger charge is 2.20. The highest BCUT2D eigenvalue weighted by Crippen LogP contribution is 2.22. The van der Waals surface area contributed by atoms with Crippen LogP contribution in [0.1, 0.15) is 38.4 Å². The Bertz CT molecular complexity index is 1080. The van der Waals surface area contributed by atoms with E-state index in [2.05, 4.69) is 10.3 Å². The molecule has 1 amide bonds. The summed E-state index contributed by atoms with van der Waals surface area (Å²) in [5.74, 6) is -1.63. The lowest BCUT2D eigenvalue weighted by Crippen LogP contribution is -2.15. The third-order valence-electron chi connectivity index (χ3n) is 3.88. The Kier molecular flexibility index (Phi) is 5.69. The van der Waals surface area contributed by atoms with E-state index < -0.39 is 11.9 Å². The molecule has 3 rings (SSSR count). The molecule has 0 spiro atoms. The number of nitrogen functional groups attached to an aromatic ring is 1. The van der Waals surface area contributed by atoms with Crippen molar-refractivity contribution in [2.45, 2.75) is 6.92 Å². The molecule has 0 bridgehead atoms. The highest BCUT2D eigenvalue weighted by atomic mass is 32.1. The number of hydrogen-bond acceptors (Lipinski definition) is 8. The zero-order valence-corrected chi connectivity index (χ0v) is 16.8. The van der Waals surface area contributed by atoms with Crippen LogP contribution in [0.3, 0.4) is 0 Å². The molecule has 0 saturated heterocycles. The minimum absolute atomic E-state index is 0.0177. The lowest BCUT2D eigenvalue weighted by molar-refractivity contribution is 0.0517. The minimum Gasteiger partial charge on any atom is -0.461 e. The van der Waals surface area contributed by atoms with E-state index in [1.54, 1.807) is 44.0 Å². The molecule has 10 nitrogen and oxygen atoms in total. The summed E-state index contributed by atoms with van der Waals surface area (Å²) >= 11 is 1.00. The second-order valence-electron chi connectivity index (χ2n) is 6.06. The van der Waals surface area contributed by atoms with Crippen LogP contribution in [0.2, 0.25) is 0 Å². The number of aromatic nitrogens is 3. The fraction of sp³-hybridized carbons (Fsp3) is 0.222. The summed E-state index contributed by atoms with van der Waals surface area (Å²) in [7, 11) is 3.34. The number of amides is 1. The van der Waals surface area contributed by atoms with Crippen molar-refractivity contribution in [2.75, 3.05) is 17.7 Å². The van der Waals surface area contributed by atoms with E-state index in [9.17, 15) is 14.4 Å². The minimum atomic E-state index is -0.680. The molecule has 3 aromatic heterocycles. The normalized spacial score (nSPS) is 10.6. The highest BCUT2D eigenvalue weighted by molar-refractivity contribution is 7.11. The van der Waals surface area contributed by atoms with Crippen LogP contribution in [-0.4, -0.2) is 38.6 Å². The third-order valence-corrected chi connectivity index (χ3v) is 4.60. The van der Waals surface area contributed by atoms with E-state index in [4.69, 9.17) is 15.2 Å². The van der Waals surface area contributed by atoms with Crippen molar-refractivity contribution in [2.24, 2.45) is 14.1 Å². The van der Waals surface area contributed by atoms with E-state index in [1.807, 2.05) is 0 Å². The average Bonchev–Trinajstić information content (AvgIpc) is 3.34. The first-order valence-electron chi connectivity index (χ1n) is 8.53. The topological polar surface area (TPSA) is 130 Å². The van der Waals surface area contributed by atoms with Crippen LogP contribution in [0.25, 0.3) is 0 Å².